The SMILES string of the molecule is CCCCCCCOc1ccc(-c2ncc(CCCCCCC)cn2)cn1. The Balaban J connectivity index is 1.74. The van der Waals surface area contributed by atoms with Gasteiger partial charge in [0.1, 0.15) is 0 Å². The van der Waals surface area contributed by atoms with Crippen LogP contribution in [0.5, 0.6) is 5.88 Å². The normalized spacial score (nSPS) is 10.9. The van der Waals surface area contributed by atoms with Gasteiger partial charge in [0.2, 0.25) is 5.88 Å². The fourth-order valence-corrected chi connectivity index (χ4v) is 3.05. The lowest BCUT2D eigenvalue weighted by atomic mass is 10.1. The van der Waals surface area contributed by atoms with Crippen molar-refractivity contribution in [3.63, 3.8) is 0 Å². The molecule has 2 heterocycles. The summed E-state index contributed by atoms with van der Waals surface area (Å²) in [5.74, 6) is 1.40. The molecule has 0 spiro atoms. The molecule has 2 rings (SSSR count). The first-order valence-electron chi connectivity index (χ1n) is 10.7. The molecule has 0 saturated heterocycles. The van der Waals surface area contributed by atoms with E-state index in [0.717, 1.165) is 30.8 Å². The number of hydrogen-bond acceptors (Lipinski definition) is 4. The molecule has 27 heavy (non-hydrogen) atoms. The Morgan fingerprint density at radius 3 is 2.00 bits per heavy atom. The third kappa shape index (κ3) is 8.51. The maximum atomic E-state index is 5.72. The molecule has 0 unspecified atom stereocenters. The summed E-state index contributed by atoms with van der Waals surface area (Å²) in [5, 5.41) is 0. The Morgan fingerprint density at radius 1 is 0.704 bits per heavy atom. The van der Waals surface area contributed by atoms with Crippen LogP contribution in [0.4, 0.5) is 0 Å². The second-order valence-electron chi connectivity index (χ2n) is 7.23. The van der Waals surface area contributed by atoms with Crippen LogP contribution in [0.3, 0.4) is 0 Å². The minimum Gasteiger partial charge on any atom is -0.478 e. The van der Waals surface area contributed by atoms with Crippen molar-refractivity contribution in [1.29, 1.82) is 0 Å². The van der Waals surface area contributed by atoms with E-state index in [1.807, 2.05) is 24.5 Å². The van der Waals surface area contributed by atoms with E-state index < -0.39 is 0 Å². The van der Waals surface area contributed by atoms with E-state index in [1.165, 1.54) is 63.4 Å². The number of nitrogens with zero attached hydrogens (tertiary/aromatic N) is 3. The molecule has 0 radical (unpaired) electrons. The molecule has 148 valence electrons. The van der Waals surface area contributed by atoms with Crippen LogP contribution in [0.15, 0.2) is 30.7 Å². The Labute approximate surface area is 164 Å². The largest absolute Gasteiger partial charge is 0.478 e. The van der Waals surface area contributed by atoms with E-state index in [0.29, 0.717) is 5.88 Å². The van der Waals surface area contributed by atoms with E-state index in [4.69, 9.17) is 4.74 Å². The van der Waals surface area contributed by atoms with Gasteiger partial charge in [-0.1, -0.05) is 65.2 Å². The molecule has 0 N–H and O–H groups in total. The van der Waals surface area contributed by atoms with Gasteiger partial charge in [-0.15, -0.1) is 0 Å². The van der Waals surface area contributed by atoms with Crippen LogP contribution < -0.4 is 4.74 Å². The molecule has 0 atom stereocenters. The van der Waals surface area contributed by atoms with Crippen LogP contribution in [0.2, 0.25) is 0 Å². The lowest BCUT2D eigenvalue weighted by Gasteiger charge is -2.06. The van der Waals surface area contributed by atoms with E-state index >= 15 is 0 Å². The van der Waals surface area contributed by atoms with Gasteiger partial charge in [0, 0.05) is 30.2 Å². The minimum atomic E-state index is 0.679. The summed E-state index contributed by atoms with van der Waals surface area (Å²) < 4.78 is 5.72. The predicted octanol–water partition coefficient (Wildman–Crippen LogP) is 6.40. The second kappa shape index (κ2) is 13.2. The first-order chi connectivity index (χ1) is 13.3. The van der Waals surface area contributed by atoms with Gasteiger partial charge in [0.15, 0.2) is 5.82 Å². The smallest absolute Gasteiger partial charge is 0.213 e. The van der Waals surface area contributed by atoms with Gasteiger partial charge in [-0.3, -0.25) is 0 Å². The van der Waals surface area contributed by atoms with Gasteiger partial charge in [0.05, 0.1) is 6.61 Å². The number of pyridine rings is 1. The molecule has 0 amide bonds. The highest BCUT2D eigenvalue weighted by Gasteiger charge is 2.04. The molecule has 0 fully saturated rings. The first kappa shape index (κ1) is 21.3. The van der Waals surface area contributed by atoms with E-state index in [1.54, 1.807) is 6.20 Å². The highest BCUT2D eigenvalue weighted by molar-refractivity contribution is 5.53. The standard InChI is InChI=1S/C23H35N3O/c1-3-5-7-9-11-13-20-17-25-23(26-18-20)21-14-15-22(24-19-21)27-16-12-10-8-6-4-2/h14-15,17-19H,3-13,16H2,1-2H3. The number of unbranched alkanes of at least 4 members (excludes halogenated alkanes) is 8. The van der Waals surface area contributed by atoms with Crippen molar-refractivity contribution in [3.05, 3.63) is 36.3 Å². The van der Waals surface area contributed by atoms with Crippen LogP contribution >= 0.6 is 0 Å². The van der Waals surface area contributed by atoms with Crippen molar-refractivity contribution >= 4 is 0 Å². The molecule has 0 aliphatic heterocycles. The van der Waals surface area contributed by atoms with Gasteiger partial charge in [-0.05, 0) is 30.9 Å². The average molecular weight is 370 g/mol. The Morgan fingerprint density at radius 2 is 1.37 bits per heavy atom. The molecular formula is C23H35N3O. The third-order valence-corrected chi connectivity index (χ3v) is 4.77. The molecule has 4 heteroatoms. The minimum absolute atomic E-state index is 0.679. The lowest BCUT2D eigenvalue weighted by molar-refractivity contribution is 0.293. The average Bonchev–Trinajstić information content (AvgIpc) is 2.71. The Hall–Kier alpha value is -1.97. The second-order valence-corrected chi connectivity index (χ2v) is 7.23. The molecule has 2 aromatic heterocycles. The Kier molecular flexibility index (Phi) is 10.5. The summed E-state index contributed by atoms with van der Waals surface area (Å²) in [4.78, 5) is 13.4. The van der Waals surface area contributed by atoms with Crippen molar-refractivity contribution < 1.29 is 4.74 Å². The number of ether oxygens (including phenoxy) is 1. The zero-order chi connectivity index (χ0) is 19.2. The van der Waals surface area contributed by atoms with Crippen molar-refractivity contribution in [2.45, 2.75) is 84.5 Å². The fraction of sp³-hybridized carbons (Fsp3) is 0.609. The molecule has 0 saturated carbocycles. The highest BCUT2D eigenvalue weighted by Crippen LogP contribution is 2.17. The molecule has 0 bridgehead atoms. The maximum absolute atomic E-state index is 5.72. The van der Waals surface area contributed by atoms with Crippen LogP contribution in [0, 0.1) is 0 Å². The number of hydrogen-bond donors (Lipinski definition) is 0. The first-order valence-corrected chi connectivity index (χ1v) is 10.7. The summed E-state index contributed by atoms with van der Waals surface area (Å²) >= 11 is 0. The van der Waals surface area contributed by atoms with Crippen molar-refractivity contribution in [2.75, 3.05) is 6.61 Å². The van der Waals surface area contributed by atoms with Gasteiger partial charge in [-0.2, -0.15) is 0 Å². The van der Waals surface area contributed by atoms with E-state index in [9.17, 15) is 0 Å². The predicted molar refractivity (Wildman–Crippen MR) is 112 cm³/mol. The fourth-order valence-electron chi connectivity index (χ4n) is 3.05. The summed E-state index contributed by atoms with van der Waals surface area (Å²) in [6.45, 7) is 5.21. The Bertz CT molecular complexity index is 611. The zero-order valence-electron chi connectivity index (χ0n) is 17.1. The van der Waals surface area contributed by atoms with Crippen LogP contribution in [0.25, 0.3) is 11.4 Å². The third-order valence-electron chi connectivity index (χ3n) is 4.77. The van der Waals surface area contributed by atoms with Gasteiger partial charge in [0.25, 0.3) is 0 Å². The molecule has 4 nitrogen and oxygen atoms in total. The molecular weight excluding hydrogens is 334 g/mol. The van der Waals surface area contributed by atoms with Crippen LogP contribution in [0.1, 0.15) is 83.6 Å². The van der Waals surface area contributed by atoms with Gasteiger partial charge < -0.3 is 4.74 Å². The van der Waals surface area contributed by atoms with Crippen molar-refractivity contribution in [2.24, 2.45) is 0 Å². The lowest BCUT2D eigenvalue weighted by Crippen LogP contribution is -1.99. The zero-order valence-corrected chi connectivity index (χ0v) is 17.1. The van der Waals surface area contributed by atoms with Crippen LogP contribution in [-0.4, -0.2) is 21.6 Å². The van der Waals surface area contributed by atoms with Gasteiger partial charge in [-0.25, -0.2) is 15.0 Å². The number of rotatable bonds is 14. The quantitative estimate of drug-likeness (QED) is 0.361. The van der Waals surface area contributed by atoms with Gasteiger partial charge >= 0.3 is 0 Å². The molecule has 2 aromatic rings. The summed E-state index contributed by atoms with van der Waals surface area (Å²) in [5.41, 5.74) is 2.14. The highest BCUT2D eigenvalue weighted by atomic mass is 16.5. The monoisotopic (exact) mass is 369 g/mol. The number of aromatic nitrogens is 3. The summed E-state index contributed by atoms with van der Waals surface area (Å²) in [6.07, 6.45) is 19.4. The van der Waals surface area contributed by atoms with Crippen molar-refractivity contribution in [1.82, 2.24) is 15.0 Å². The van der Waals surface area contributed by atoms with E-state index in [-0.39, 0.29) is 0 Å². The summed E-state index contributed by atoms with van der Waals surface area (Å²) in [7, 11) is 0. The molecule has 0 aliphatic carbocycles. The van der Waals surface area contributed by atoms with Crippen LogP contribution in [-0.2, 0) is 6.42 Å². The van der Waals surface area contributed by atoms with E-state index in [2.05, 4.69) is 28.8 Å². The van der Waals surface area contributed by atoms with Crippen molar-refractivity contribution in [3.8, 4) is 17.3 Å². The topological polar surface area (TPSA) is 47.9 Å². The maximum Gasteiger partial charge on any atom is 0.213 e. The molecule has 0 aromatic carbocycles. The molecule has 0 aliphatic rings. The summed E-state index contributed by atoms with van der Waals surface area (Å²) in [6, 6.07) is 3.89. The number of aryl methyl sites for hydroxylation is 1.